The third kappa shape index (κ3) is 3.80. The molecule has 0 atom stereocenters. The van der Waals surface area contributed by atoms with Crippen LogP contribution in [0.3, 0.4) is 0 Å². The number of furan rings is 1. The number of methoxy groups -OCH3 is 1. The van der Waals surface area contributed by atoms with Crippen molar-refractivity contribution in [2.45, 2.75) is 32.6 Å². The van der Waals surface area contributed by atoms with Crippen molar-refractivity contribution in [1.29, 1.82) is 0 Å². The van der Waals surface area contributed by atoms with Gasteiger partial charge in [0.15, 0.2) is 0 Å². The van der Waals surface area contributed by atoms with Gasteiger partial charge in [0.05, 0.1) is 7.11 Å². The predicted molar refractivity (Wildman–Crippen MR) is 117 cm³/mol. The molecule has 4 nitrogen and oxygen atoms in total. The monoisotopic (exact) mass is 395 g/mol. The summed E-state index contributed by atoms with van der Waals surface area (Å²) >= 11 is 1.67. The van der Waals surface area contributed by atoms with Gasteiger partial charge < -0.3 is 14.5 Å². The lowest BCUT2D eigenvalue weighted by Crippen LogP contribution is -2.08. The van der Waals surface area contributed by atoms with E-state index in [1.165, 1.54) is 0 Å². The van der Waals surface area contributed by atoms with E-state index in [4.69, 9.17) is 9.15 Å². The van der Waals surface area contributed by atoms with Gasteiger partial charge in [-0.2, -0.15) is 0 Å². The maximum Gasteiger partial charge on any atom is 0.248 e. The highest BCUT2D eigenvalue weighted by Gasteiger charge is 2.18. The lowest BCUT2D eigenvalue weighted by atomic mass is 9.98. The molecule has 0 aliphatic carbocycles. The van der Waals surface area contributed by atoms with Crippen molar-refractivity contribution in [3.8, 4) is 5.75 Å². The molecule has 0 bridgehead atoms. The van der Waals surface area contributed by atoms with Gasteiger partial charge in [-0.25, -0.2) is 0 Å². The van der Waals surface area contributed by atoms with Gasteiger partial charge in [0.2, 0.25) is 5.91 Å². The van der Waals surface area contributed by atoms with Crippen molar-refractivity contribution < 1.29 is 13.9 Å². The molecule has 0 fully saturated rings. The minimum atomic E-state index is -0.172. The van der Waals surface area contributed by atoms with Gasteiger partial charge in [-0.05, 0) is 75.4 Å². The smallest absolute Gasteiger partial charge is 0.248 e. The van der Waals surface area contributed by atoms with Crippen molar-refractivity contribution in [1.82, 2.24) is 0 Å². The summed E-state index contributed by atoms with van der Waals surface area (Å²) in [5.74, 6) is 1.45. The second-order valence-electron chi connectivity index (χ2n) is 6.79. The normalized spacial score (nSPS) is 11.7. The van der Waals surface area contributed by atoms with Gasteiger partial charge in [-0.3, -0.25) is 4.79 Å². The number of nitrogens with one attached hydrogen (secondary N) is 1. The number of aryl methyl sites for hydroxylation is 3. The van der Waals surface area contributed by atoms with Gasteiger partial charge >= 0.3 is 0 Å². The summed E-state index contributed by atoms with van der Waals surface area (Å²) in [4.78, 5) is 13.7. The van der Waals surface area contributed by atoms with Crippen LogP contribution in [-0.4, -0.2) is 19.3 Å². The van der Waals surface area contributed by atoms with E-state index >= 15 is 0 Å². The Balaban J connectivity index is 1.95. The summed E-state index contributed by atoms with van der Waals surface area (Å²) < 4.78 is 11.6. The van der Waals surface area contributed by atoms with Gasteiger partial charge in [0.1, 0.15) is 17.1 Å². The van der Waals surface area contributed by atoms with E-state index in [1.807, 2.05) is 64.3 Å². The Morgan fingerprint density at radius 1 is 1.14 bits per heavy atom. The van der Waals surface area contributed by atoms with Crippen LogP contribution in [0.2, 0.25) is 0 Å². The maximum atomic E-state index is 12.5. The molecule has 1 aromatic heterocycles. The van der Waals surface area contributed by atoms with Crippen LogP contribution in [0.5, 0.6) is 5.75 Å². The Morgan fingerprint density at radius 3 is 2.43 bits per heavy atom. The van der Waals surface area contributed by atoms with Crippen LogP contribution in [-0.2, 0) is 4.79 Å². The molecule has 0 radical (unpaired) electrons. The summed E-state index contributed by atoms with van der Waals surface area (Å²) in [5, 5.41) is 3.96. The topological polar surface area (TPSA) is 51.5 Å². The Morgan fingerprint density at radius 2 is 1.82 bits per heavy atom. The van der Waals surface area contributed by atoms with Crippen LogP contribution in [0.25, 0.3) is 16.5 Å². The lowest BCUT2D eigenvalue weighted by molar-refractivity contribution is -0.111. The summed E-state index contributed by atoms with van der Waals surface area (Å²) in [7, 11) is 1.64. The lowest BCUT2D eigenvalue weighted by Gasteiger charge is -2.13. The summed E-state index contributed by atoms with van der Waals surface area (Å²) in [6.07, 6.45) is 3.63. The molecule has 0 spiro atoms. The first kappa shape index (κ1) is 20.1. The number of fused-ring (bicyclic) bond motifs is 1. The predicted octanol–water partition coefficient (Wildman–Crippen LogP) is 6.13. The number of rotatable bonds is 5. The van der Waals surface area contributed by atoms with Crippen LogP contribution in [0.15, 0.2) is 45.7 Å². The Labute approximate surface area is 170 Å². The van der Waals surface area contributed by atoms with Gasteiger partial charge in [0, 0.05) is 33.2 Å². The summed E-state index contributed by atoms with van der Waals surface area (Å²) in [6.45, 7) is 7.90. The molecule has 0 aliphatic heterocycles. The van der Waals surface area contributed by atoms with Gasteiger partial charge in [-0.1, -0.05) is 0 Å². The van der Waals surface area contributed by atoms with Crippen molar-refractivity contribution >= 4 is 39.9 Å². The molecule has 0 saturated heterocycles. The second kappa shape index (κ2) is 8.15. The summed E-state index contributed by atoms with van der Waals surface area (Å²) in [5.41, 5.74) is 5.37. The largest absolute Gasteiger partial charge is 0.496 e. The first-order chi connectivity index (χ1) is 13.3. The number of carbonyl (C=O) groups excluding carboxylic acids is 1. The zero-order chi connectivity index (χ0) is 20.4. The molecular formula is C23H25NO3S. The van der Waals surface area contributed by atoms with Crippen LogP contribution in [0.4, 0.5) is 5.69 Å². The SMILES string of the molecule is COc1c(/C(C)=C/C(=O)Nc2ccc(SC)cc2)cc2c(C)c(C)oc2c1C. The average molecular weight is 396 g/mol. The van der Waals surface area contributed by atoms with E-state index in [9.17, 15) is 4.79 Å². The van der Waals surface area contributed by atoms with Gasteiger partial charge in [0.25, 0.3) is 0 Å². The van der Waals surface area contributed by atoms with E-state index in [2.05, 4.69) is 5.32 Å². The van der Waals surface area contributed by atoms with Crippen LogP contribution < -0.4 is 10.1 Å². The maximum absolute atomic E-state index is 12.5. The number of ether oxygens (including phenoxy) is 1. The quantitative estimate of drug-likeness (QED) is 0.417. The number of carbonyl (C=O) groups is 1. The molecule has 1 amide bonds. The number of amides is 1. The minimum Gasteiger partial charge on any atom is -0.496 e. The van der Waals surface area contributed by atoms with Crippen molar-refractivity contribution in [2.24, 2.45) is 0 Å². The molecule has 5 heteroatoms. The second-order valence-corrected chi connectivity index (χ2v) is 7.67. The highest BCUT2D eigenvalue weighted by atomic mass is 32.2. The Bertz CT molecular complexity index is 1060. The molecule has 0 unspecified atom stereocenters. The zero-order valence-electron chi connectivity index (χ0n) is 17.1. The van der Waals surface area contributed by atoms with Crippen LogP contribution in [0.1, 0.15) is 29.4 Å². The zero-order valence-corrected chi connectivity index (χ0v) is 17.9. The fourth-order valence-electron chi connectivity index (χ4n) is 3.29. The Kier molecular flexibility index (Phi) is 5.84. The average Bonchev–Trinajstić information content (AvgIpc) is 2.97. The third-order valence-corrected chi connectivity index (χ3v) is 5.72. The minimum absolute atomic E-state index is 0.172. The molecule has 3 aromatic rings. The number of thioether (sulfide) groups is 1. The molecule has 2 aromatic carbocycles. The molecule has 0 aliphatic rings. The molecule has 3 rings (SSSR count). The molecule has 146 valence electrons. The fourth-order valence-corrected chi connectivity index (χ4v) is 3.70. The van der Waals surface area contributed by atoms with Crippen molar-refractivity contribution in [3.05, 3.63) is 58.9 Å². The highest BCUT2D eigenvalue weighted by Crippen LogP contribution is 2.38. The van der Waals surface area contributed by atoms with Crippen LogP contribution in [0, 0.1) is 20.8 Å². The first-order valence-electron chi connectivity index (χ1n) is 9.06. The van der Waals surface area contributed by atoms with Gasteiger partial charge in [-0.15, -0.1) is 11.8 Å². The van der Waals surface area contributed by atoms with E-state index in [0.29, 0.717) is 0 Å². The van der Waals surface area contributed by atoms with E-state index in [1.54, 1.807) is 24.9 Å². The molecule has 0 saturated carbocycles. The number of anilines is 1. The third-order valence-electron chi connectivity index (χ3n) is 4.98. The van der Waals surface area contributed by atoms with E-state index in [0.717, 1.165) is 55.3 Å². The molecule has 28 heavy (non-hydrogen) atoms. The van der Waals surface area contributed by atoms with Crippen LogP contribution >= 0.6 is 11.8 Å². The number of allylic oxidation sites excluding steroid dienone is 1. The van der Waals surface area contributed by atoms with Crippen molar-refractivity contribution in [2.75, 3.05) is 18.7 Å². The molecule has 1 N–H and O–H groups in total. The number of hydrogen-bond donors (Lipinski definition) is 1. The first-order valence-corrected chi connectivity index (χ1v) is 10.3. The Hall–Kier alpha value is -2.66. The summed E-state index contributed by atoms with van der Waals surface area (Å²) in [6, 6.07) is 9.82. The fraction of sp³-hybridized carbons (Fsp3) is 0.261. The number of benzene rings is 2. The van der Waals surface area contributed by atoms with Crippen molar-refractivity contribution in [3.63, 3.8) is 0 Å². The van der Waals surface area contributed by atoms with E-state index < -0.39 is 0 Å². The van der Waals surface area contributed by atoms with E-state index in [-0.39, 0.29) is 5.91 Å². The number of hydrogen-bond acceptors (Lipinski definition) is 4. The molecular weight excluding hydrogens is 370 g/mol. The molecule has 1 heterocycles. The standard InChI is InChI=1S/C23H25NO3S/c1-13(11-21(25)24-17-7-9-18(28-6)10-8-17)19-12-20-14(2)16(4)27-23(20)15(3)22(19)26-5/h7-12H,1-6H3,(H,24,25)/b13-11+. The highest BCUT2D eigenvalue weighted by molar-refractivity contribution is 7.98.